The number of nitrogens with one attached hydrogen (secondary N) is 2. The summed E-state index contributed by atoms with van der Waals surface area (Å²) in [6.07, 6.45) is 4.28. The lowest BCUT2D eigenvalue weighted by Gasteiger charge is -2.17. The molecule has 0 amide bonds. The molecule has 0 spiro atoms. The van der Waals surface area contributed by atoms with E-state index in [0.717, 1.165) is 55.3 Å². The van der Waals surface area contributed by atoms with Crippen molar-refractivity contribution in [3.63, 3.8) is 0 Å². The van der Waals surface area contributed by atoms with E-state index in [2.05, 4.69) is 59.7 Å². The summed E-state index contributed by atoms with van der Waals surface area (Å²) in [6.45, 7) is 9.18. The van der Waals surface area contributed by atoms with E-state index in [4.69, 9.17) is 9.47 Å². The highest BCUT2D eigenvalue weighted by molar-refractivity contribution is 5.79. The topological polar surface area (TPSA) is 72.7 Å². The maximum atomic E-state index is 6.12. The van der Waals surface area contributed by atoms with Crippen molar-refractivity contribution >= 4 is 5.96 Å². The number of benzene rings is 1. The third-order valence-corrected chi connectivity index (χ3v) is 5.80. The molecule has 7 nitrogen and oxygen atoms in total. The Kier molecular flexibility index (Phi) is 8.35. The van der Waals surface area contributed by atoms with Crippen molar-refractivity contribution in [2.45, 2.75) is 65.6 Å². The van der Waals surface area contributed by atoms with Crippen LogP contribution in [0.15, 0.2) is 23.2 Å². The molecule has 1 unspecified atom stereocenters. The second-order valence-electron chi connectivity index (χ2n) is 8.04. The number of aromatic nitrogens is 2. The zero-order valence-corrected chi connectivity index (χ0v) is 19.6. The highest BCUT2D eigenvalue weighted by Gasteiger charge is 2.17. The zero-order chi connectivity index (χ0) is 22.2. The van der Waals surface area contributed by atoms with Gasteiger partial charge >= 0.3 is 0 Å². The smallest absolute Gasteiger partial charge is 0.191 e. The molecule has 1 aliphatic rings. The zero-order valence-electron chi connectivity index (χ0n) is 19.6. The third-order valence-electron chi connectivity index (χ3n) is 5.80. The number of hydrogen-bond acceptors (Lipinski definition) is 4. The summed E-state index contributed by atoms with van der Waals surface area (Å²) >= 11 is 0. The maximum absolute atomic E-state index is 6.12. The molecular weight excluding hydrogens is 390 g/mol. The van der Waals surface area contributed by atoms with Gasteiger partial charge in [-0.3, -0.25) is 9.67 Å². The highest BCUT2D eigenvalue weighted by Crippen LogP contribution is 2.22. The summed E-state index contributed by atoms with van der Waals surface area (Å²) in [4.78, 5) is 4.40. The lowest BCUT2D eigenvalue weighted by Crippen LogP contribution is -2.36. The normalized spacial score (nSPS) is 16.5. The molecule has 2 heterocycles. The van der Waals surface area contributed by atoms with Gasteiger partial charge in [-0.15, -0.1) is 0 Å². The number of nitrogens with zero attached hydrogens (tertiary/aromatic N) is 3. The number of hydrogen-bond donors (Lipinski definition) is 2. The molecule has 1 saturated heterocycles. The molecule has 7 heteroatoms. The van der Waals surface area contributed by atoms with Crippen LogP contribution in [0, 0.1) is 6.92 Å². The van der Waals surface area contributed by atoms with Crippen LogP contribution in [0.1, 0.15) is 54.8 Å². The third kappa shape index (κ3) is 6.00. The summed E-state index contributed by atoms with van der Waals surface area (Å²) in [5.74, 6) is 1.67. The quantitative estimate of drug-likeness (QED) is 0.475. The Morgan fingerprint density at radius 1 is 1.26 bits per heavy atom. The van der Waals surface area contributed by atoms with Crippen LogP contribution in [-0.4, -0.2) is 42.1 Å². The van der Waals surface area contributed by atoms with Crippen LogP contribution in [0.4, 0.5) is 0 Å². The van der Waals surface area contributed by atoms with Crippen LogP contribution in [0.5, 0.6) is 5.75 Å². The Labute approximate surface area is 186 Å². The van der Waals surface area contributed by atoms with Gasteiger partial charge in [-0.2, -0.15) is 5.10 Å². The molecule has 1 aliphatic heterocycles. The van der Waals surface area contributed by atoms with E-state index < -0.39 is 0 Å². The molecule has 0 saturated carbocycles. The first-order valence-electron chi connectivity index (χ1n) is 11.4. The van der Waals surface area contributed by atoms with Gasteiger partial charge in [0.2, 0.25) is 0 Å². The second kappa shape index (κ2) is 11.2. The van der Waals surface area contributed by atoms with E-state index in [-0.39, 0.29) is 6.10 Å². The summed E-state index contributed by atoms with van der Waals surface area (Å²) in [5, 5.41) is 11.5. The molecule has 31 heavy (non-hydrogen) atoms. The number of ether oxygens (including phenoxy) is 2. The van der Waals surface area contributed by atoms with E-state index >= 15 is 0 Å². The second-order valence-corrected chi connectivity index (χ2v) is 8.04. The molecule has 1 fully saturated rings. The molecule has 1 aromatic carbocycles. The predicted molar refractivity (Wildman–Crippen MR) is 125 cm³/mol. The highest BCUT2D eigenvalue weighted by atomic mass is 16.5. The predicted octanol–water partition coefficient (Wildman–Crippen LogP) is 3.28. The lowest BCUT2D eigenvalue weighted by molar-refractivity contribution is 0.0676. The summed E-state index contributed by atoms with van der Waals surface area (Å²) in [6, 6.07) is 6.33. The van der Waals surface area contributed by atoms with E-state index in [1.165, 1.54) is 16.8 Å². The molecule has 0 bridgehead atoms. The van der Waals surface area contributed by atoms with Crippen LogP contribution in [0.25, 0.3) is 0 Å². The van der Waals surface area contributed by atoms with Crippen molar-refractivity contribution in [1.82, 2.24) is 20.4 Å². The summed E-state index contributed by atoms with van der Waals surface area (Å²) in [7, 11) is 3.81. The van der Waals surface area contributed by atoms with E-state index in [0.29, 0.717) is 19.7 Å². The summed E-state index contributed by atoms with van der Waals surface area (Å²) in [5.41, 5.74) is 5.97. The first-order chi connectivity index (χ1) is 15.0. The van der Waals surface area contributed by atoms with Gasteiger partial charge in [-0.1, -0.05) is 26.0 Å². The lowest BCUT2D eigenvalue weighted by atomic mass is 10.1. The van der Waals surface area contributed by atoms with Gasteiger partial charge in [0.05, 0.1) is 11.8 Å². The van der Waals surface area contributed by atoms with E-state index in [1.807, 2.05) is 11.7 Å². The molecule has 2 aromatic rings. The van der Waals surface area contributed by atoms with Crippen molar-refractivity contribution in [1.29, 1.82) is 0 Å². The van der Waals surface area contributed by atoms with Crippen LogP contribution in [0.3, 0.4) is 0 Å². The largest absolute Gasteiger partial charge is 0.491 e. The minimum atomic E-state index is 0.204. The number of guanidine groups is 1. The number of aryl methyl sites for hydroxylation is 3. The van der Waals surface area contributed by atoms with Gasteiger partial charge in [0.15, 0.2) is 5.96 Å². The van der Waals surface area contributed by atoms with E-state index in [9.17, 15) is 0 Å². The van der Waals surface area contributed by atoms with Gasteiger partial charge in [-0.25, -0.2) is 0 Å². The Morgan fingerprint density at radius 3 is 2.74 bits per heavy atom. The molecular formula is C24H37N5O2. The van der Waals surface area contributed by atoms with E-state index in [1.54, 1.807) is 7.05 Å². The van der Waals surface area contributed by atoms with Gasteiger partial charge in [0, 0.05) is 50.6 Å². The molecule has 0 aliphatic carbocycles. The SMILES string of the molecule is CCc1nn(C)c(CC)c1CNC(=NC)NCc1ccc(C)cc1OCC1CCCO1. The van der Waals surface area contributed by atoms with Crippen LogP contribution in [-0.2, 0) is 37.7 Å². The molecule has 0 radical (unpaired) electrons. The van der Waals surface area contributed by atoms with Gasteiger partial charge in [0.25, 0.3) is 0 Å². The molecule has 170 valence electrons. The fourth-order valence-electron chi connectivity index (χ4n) is 4.07. The Hall–Kier alpha value is -2.54. The van der Waals surface area contributed by atoms with Gasteiger partial charge in [-0.05, 0) is 44.2 Å². The van der Waals surface area contributed by atoms with Gasteiger partial charge in [0.1, 0.15) is 12.4 Å². The Morgan fingerprint density at radius 2 is 2.06 bits per heavy atom. The first kappa shape index (κ1) is 23.1. The average molecular weight is 428 g/mol. The fraction of sp³-hybridized carbons (Fsp3) is 0.583. The Balaban J connectivity index is 1.61. The molecule has 3 rings (SSSR count). The maximum Gasteiger partial charge on any atom is 0.191 e. The number of rotatable bonds is 9. The number of aliphatic imine (C=N–C) groups is 1. The fourth-order valence-corrected chi connectivity index (χ4v) is 4.07. The van der Waals surface area contributed by atoms with Crippen molar-refractivity contribution < 1.29 is 9.47 Å². The van der Waals surface area contributed by atoms with Crippen molar-refractivity contribution in [2.24, 2.45) is 12.0 Å². The van der Waals surface area contributed by atoms with Crippen molar-refractivity contribution in [3.05, 3.63) is 46.3 Å². The van der Waals surface area contributed by atoms with Crippen LogP contribution >= 0.6 is 0 Å². The Bertz CT molecular complexity index is 884. The average Bonchev–Trinajstić information content (AvgIpc) is 3.40. The van der Waals surface area contributed by atoms with Crippen molar-refractivity contribution in [3.8, 4) is 5.75 Å². The standard InChI is InChI=1S/C24H37N5O2/c1-6-21-20(22(7-2)29(5)28-21)15-27-24(25-4)26-14-18-11-10-17(3)13-23(18)31-16-19-9-8-12-30-19/h10-11,13,19H,6-9,12,14-16H2,1-5H3,(H2,25,26,27). The van der Waals surface area contributed by atoms with Gasteiger partial charge < -0.3 is 20.1 Å². The van der Waals surface area contributed by atoms with Crippen LogP contribution in [0.2, 0.25) is 0 Å². The first-order valence-corrected chi connectivity index (χ1v) is 11.4. The molecule has 2 N–H and O–H groups in total. The molecule has 1 atom stereocenters. The monoisotopic (exact) mass is 427 g/mol. The minimum Gasteiger partial charge on any atom is -0.491 e. The molecule has 1 aromatic heterocycles. The minimum absolute atomic E-state index is 0.204. The summed E-state index contributed by atoms with van der Waals surface area (Å²) < 4.78 is 13.8. The van der Waals surface area contributed by atoms with Crippen molar-refractivity contribution in [2.75, 3.05) is 20.3 Å². The van der Waals surface area contributed by atoms with Crippen LogP contribution < -0.4 is 15.4 Å².